The molecule has 5 heteroatoms. The summed E-state index contributed by atoms with van der Waals surface area (Å²) in [7, 11) is 0. The predicted octanol–water partition coefficient (Wildman–Crippen LogP) is 7.08. The maximum atomic E-state index is 11.9. The van der Waals surface area contributed by atoms with Gasteiger partial charge in [-0.15, -0.1) is 0 Å². The average Bonchev–Trinajstić information content (AvgIpc) is 2.84. The van der Waals surface area contributed by atoms with Gasteiger partial charge in [0.15, 0.2) is 5.78 Å². The SMILES string of the molecule is C=CN(Cc1ccc(C)cc1)/C(=C\CC)Nc1ccc(Oc2cncc(C(=O)CC)c2)cc1. The first-order chi connectivity index (χ1) is 16.0. The number of ketones is 1. The molecule has 170 valence electrons. The van der Waals surface area contributed by atoms with Gasteiger partial charge >= 0.3 is 0 Å². The topological polar surface area (TPSA) is 54.5 Å². The summed E-state index contributed by atoms with van der Waals surface area (Å²) in [6, 6.07) is 17.9. The summed E-state index contributed by atoms with van der Waals surface area (Å²) in [6.07, 6.45) is 8.47. The molecule has 0 saturated heterocycles. The van der Waals surface area contributed by atoms with Gasteiger partial charge in [-0.1, -0.05) is 50.3 Å². The number of hydrogen-bond donors (Lipinski definition) is 1. The molecule has 3 aromatic rings. The van der Waals surface area contributed by atoms with E-state index in [2.05, 4.69) is 66.0 Å². The summed E-state index contributed by atoms with van der Waals surface area (Å²) in [5, 5.41) is 3.49. The number of hydrogen-bond acceptors (Lipinski definition) is 5. The van der Waals surface area contributed by atoms with E-state index >= 15 is 0 Å². The number of Topliss-reactive ketones (excluding diaryl/α,β-unsaturated/α-hetero) is 1. The van der Waals surface area contributed by atoms with Crippen LogP contribution in [0, 0.1) is 6.92 Å². The van der Waals surface area contributed by atoms with Gasteiger partial charge in [0.25, 0.3) is 0 Å². The van der Waals surface area contributed by atoms with E-state index in [1.54, 1.807) is 18.5 Å². The number of benzene rings is 2. The number of aryl methyl sites for hydroxylation is 1. The molecule has 3 rings (SSSR count). The molecular weight excluding hydrogens is 410 g/mol. The lowest BCUT2D eigenvalue weighted by Gasteiger charge is -2.25. The predicted molar refractivity (Wildman–Crippen MR) is 134 cm³/mol. The van der Waals surface area contributed by atoms with Crippen LogP contribution in [0.15, 0.2) is 91.7 Å². The fourth-order valence-corrected chi connectivity index (χ4v) is 3.29. The van der Waals surface area contributed by atoms with Crippen LogP contribution in [0.3, 0.4) is 0 Å². The van der Waals surface area contributed by atoms with Crippen molar-refractivity contribution in [2.24, 2.45) is 0 Å². The highest BCUT2D eigenvalue weighted by atomic mass is 16.5. The average molecular weight is 442 g/mol. The second-order valence-corrected chi connectivity index (χ2v) is 7.73. The molecule has 0 fully saturated rings. The number of nitrogens with zero attached hydrogens (tertiary/aromatic N) is 2. The summed E-state index contributed by atoms with van der Waals surface area (Å²) < 4.78 is 5.89. The van der Waals surface area contributed by atoms with E-state index in [9.17, 15) is 4.79 Å². The third-order valence-electron chi connectivity index (χ3n) is 5.12. The van der Waals surface area contributed by atoms with Gasteiger partial charge in [0, 0.05) is 30.4 Å². The van der Waals surface area contributed by atoms with E-state index in [1.807, 2.05) is 37.4 Å². The van der Waals surface area contributed by atoms with E-state index < -0.39 is 0 Å². The molecule has 0 aliphatic rings. The molecule has 2 aromatic carbocycles. The highest BCUT2D eigenvalue weighted by Gasteiger charge is 2.09. The Morgan fingerprint density at radius 2 is 1.79 bits per heavy atom. The third kappa shape index (κ3) is 6.81. The maximum absolute atomic E-state index is 11.9. The third-order valence-corrected chi connectivity index (χ3v) is 5.12. The molecule has 0 radical (unpaired) electrons. The van der Waals surface area contributed by atoms with Crippen molar-refractivity contribution in [1.82, 2.24) is 9.88 Å². The molecule has 0 unspecified atom stereocenters. The van der Waals surface area contributed by atoms with Gasteiger partial charge < -0.3 is 15.0 Å². The van der Waals surface area contributed by atoms with Crippen molar-refractivity contribution < 1.29 is 9.53 Å². The van der Waals surface area contributed by atoms with Gasteiger partial charge in [0.05, 0.1) is 6.20 Å². The largest absolute Gasteiger partial charge is 0.456 e. The number of ether oxygens (including phenoxy) is 1. The van der Waals surface area contributed by atoms with E-state index in [-0.39, 0.29) is 5.78 Å². The molecule has 0 spiro atoms. The van der Waals surface area contributed by atoms with Crippen molar-refractivity contribution in [1.29, 1.82) is 0 Å². The lowest BCUT2D eigenvalue weighted by molar-refractivity contribution is 0.0987. The van der Waals surface area contributed by atoms with Gasteiger partial charge in [-0.3, -0.25) is 9.78 Å². The minimum Gasteiger partial charge on any atom is -0.456 e. The van der Waals surface area contributed by atoms with Crippen molar-refractivity contribution in [3.05, 3.63) is 108 Å². The molecule has 33 heavy (non-hydrogen) atoms. The van der Waals surface area contributed by atoms with Gasteiger partial charge in [-0.05, 0) is 61.5 Å². The normalized spacial score (nSPS) is 11.1. The molecule has 5 nitrogen and oxygen atoms in total. The zero-order valence-electron chi connectivity index (χ0n) is 19.5. The standard InChI is InChI=1S/C28H31N3O2/c1-5-8-28(31(7-3)20-22-11-9-21(4)10-12-22)30-24-13-15-25(16-14-24)33-26-17-23(18-29-19-26)27(32)6-2/h7-19,30H,3,5-6,20H2,1-2,4H3/b28-8-. The van der Waals surface area contributed by atoms with Crippen molar-refractivity contribution in [3.8, 4) is 11.5 Å². The van der Waals surface area contributed by atoms with Gasteiger partial charge in [0.1, 0.15) is 17.3 Å². The number of nitrogens with one attached hydrogen (secondary N) is 1. The minimum atomic E-state index is 0.0418. The Labute approximate surface area is 196 Å². The maximum Gasteiger partial charge on any atom is 0.164 e. The number of aromatic nitrogens is 1. The first-order valence-electron chi connectivity index (χ1n) is 11.2. The number of anilines is 1. The van der Waals surface area contributed by atoms with Crippen LogP contribution in [-0.4, -0.2) is 15.7 Å². The van der Waals surface area contributed by atoms with Crippen molar-refractivity contribution in [2.75, 3.05) is 5.32 Å². The van der Waals surface area contributed by atoms with Crippen molar-refractivity contribution >= 4 is 11.5 Å². The molecule has 0 bridgehead atoms. The van der Waals surface area contributed by atoms with Crippen LogP contribution in [-0.2, 0) is 6.54 Å². The van der Waals surface area contributed by atoms with E-state index in [1.165, 1.54) is 11.1 Å². The van der Waals surface area contributed by atoms with Gasteiger partial charge in [-0.25, -0.2) is 0 Å². The van der Waals surface area contributed by atoms with Crippen LogP contribution in [0.4, 0.5) is 5.69 Å². The van der Waals surface area contributed by atoms with Crippen LogP contribution in [0.25, 0.3) is 0 Å². The molecule has 1 N–H and O–H groups in total. The number of allylic oxidation sites excluding steroid dienone is 1. The fraction of sp³-hybridized carbons (Fsp3) is 0.214. The summed E-state index contributed by atoms with van der Waals surface area (Å²) >= 11 is 0. The molecule has 1 heterocycles. The highest BCUT2D eigenvalue weighted by molar-refractivity contribution is 5.95. The quantitative estimate of drug-likeness (QED) is 0.322. The zero-order chi connectivity index (χ0) is 23.6. The molecule has 0 aliphatic heterocycles. The Morgan fingerprint density at radius 1 is 1.06 bits per heavy atom. The Bertz CT molecular complexity index is 1100. The first-order valence-corrected chi connectivity index (χ1v) is 11.2. The van der Waals surface area contributed by atoms with Crippen LogP contribution < -0.4 is 10.1 Å². The lowest BCUT2D eigenvalue weighted by Crippen LogP contribution is -2.21. The fourth-order valence-electron chi connectivity index (χ4n) is 3.29. The zero-order valence-corrected chi connectivity index (χ0v) is 19.5. The number of pyridine rings is 1. The van der Waals surface area contributed by atoms with Crippen molar-refractivity contribution in [3.63, 3.8) is 0 Å². The van der Waals surface area contributed by atoms with E-state index in [4.69, 9.17) is 4.74 Å². The highest BCUT2D eigenvalue weighted by Crippen LogP contribution is 2.25. The molecule has 1 aromatic heterocycles. The second kappa shape index (κ2) is 11.7. The second-order valence-electron chi connectivity index (χ2n) is 7.73. The van der Waals surface area contributed by atoms with E-state index in [0.29, 0.717) is 23.5 Å². The Balaban J connectivity index is 1.69. The Morgan fingerprint density at radius 3 is 2.42 bits per heavy atom. The Kier molecular flexibility index (Phi) is 8.42. The minimum absolute atomic E-state index is 0.0418. The summed E-state index contributed by atoms with van der Waals surface area (Å²) in [5.41, 5.74) is 3.95. The van der Waals surface area contributed by atoms with Crippen LogP contribution in [0.2, 0.25) is 0 Å². The molecule has 0 saturated carbocycles. The van der Waals surface area contributed by atoms with Gasteiger partial charge in [0.2, 0.25) is 0 Å². The lowest BCUT2D eigenvalue weighted by atomic mass is 10.1. The van der Waals surface area contributed by atoms with Gasteiger partial charge in [-0.2, -0.15) is 0 Å². The van der Waals surface area contributed by atoms with Crippen LogP contribution in [0.1, 0.15) is 48.2 Å². The first kappa shape index (κ1) is 23.8. The summed E-state index contributed by atoms with van der Waals surface area (Å²) in [4.78, 5) is 18.1. The van der Waals surface area contributed by atoms with Crippen LogP contribution >= 0.6 is 0 Å². The summed E-state index contributed by atoms with van der Waals surface area (Å²) in [6.45, 7) is 10.8. The molecule has 0 atom stereocenters. The number of carbonyl (C=O) groups excluding carboxylic acids is 1. The number of carbonyl (C=O) groups is 1. The molecule has 0 amide bonds. The van der Waals surface area contributed by atoms with Crippen LogP contribution in [0.5, 0.6) is 11.5 Å². The smallest absolute Gasteiger partial charge is 0.164 e. The Hall–Kier alpha value is -3.86. The molecule has 0 aliphatic carbocycles. The number of rotatable bonds is 11. The monoisotopic (exact) mass is 441 g/mol. The summed E-state index contributed by atoms with van der Waals surface area (Å²) in [5.74, 6) is 2.22. The van der Waals surface area contributed by atoms with Crippen molar-refractivity contribution in [2.45, 2.75) is 40.2 Å². The molecular formula is C28H31N3O2. The van der Waals surface area contributed by atoms with E-state index in [0.717, 1.165) is 24.5 Å².